The highest BCUT2D eigenvalue weighted by Crippen LogP contribution is 2.33. The first-order chi connectivity index (χ1) is 13.2. The van der Waals surface area contributed by atoms with E-state index < -0.39 is 0 Å². The molecular formula is C19H17N3O2S3. The zero-order chi connectivity index (χ0) is 18.6. The SMILES string of the molecule is Cc1csc(SCc2c(C(=O)NCCc3nccs3)oc3ccccc23)n1. The van der Waals surface area contributed by atoms with E-state index in [0.717, 1.165) is 31.6 Å². The number of nitrogens with one attached hydrogen (secondary N) is 1. The Balaban J connectivity index is 1.52. The molecule has 138 valence electrons. The molecule has 1 N–H and O–H groups in total. The number of para-hydroxylation sites is 1. The van der Waals surface area contributed by atoms with Gasteiger partial charge in [0.05, 0.1) is 5.01 Å². The van der Waals surface area contributed by atoms with Gasteiger partial charge in [-0.15, -0.1) is 22.7 Å². The summed E-state index contributed by atoms with van der Waals surface area (Å²) in [6.07, 6.45) is 2.49. The van der Waals surface area contributed by atoms with Gasteiger partial charge in [-0.05, 0) is 13.0 Å². The summed E-state index contributed by atoms with van der Waals surface area (Å²) < 4.78 is 6.88. The number of benzene rings is 1. The van der Waals surface area contributed by atoms with Gasteiger partial charge in [-0.3, -0.25) is 4.79 Å². The van der Waals surface area contributed by atoms with Gasteiger partial charge in [-0.25, -0.2) is 9.97 Å². The number of fused-ring (bicyclic) bond motifs is 1. The summed E-state index contributed by atoms with van der Waals surface area (Å²) in [5.74, 6) is 0.837. The summed E-state index contributed by atoms with van der Waals surface area (Å²) in [5.41, 5.74) is 2.66. The molecule has 3 aromatic heterocycles. The van der Waals surface area contributed by atoms with Crippen LogP contribution in [-0.2, 0) is 12.2 Å². The Morgan fingerprint density at radius 3 is 2.96 bits per heavy atom. The number of aryl methyl sites for hydroxylation is 1. The summed E-state index contributed by atoms with van der Waals surface area (Å²) in [7, 11) is 0. The second-order valence-corrected chi connectivity index (χ2v) is 8.94. The van der Waals surface area contributed by atoms with Gasteiger partial charge in [0.2, 0.25) is 0 Å². The average molecular weight is 416 g/mol. The first kappa shape index (κ1) is 18.2. The Kier molecular flexibility index (Phi) is 5.56. The maximum atomic E-state index is 12.7. The van der Waals surface area contributed by atoms with Crippen molar-refractivity contribution in [1.82, 2.24) is 15.3 Å². The van der Waals surface area contributed by atoms with Crippen molar-refractivity contribution in [3.8, 4) is 0 Å². The molecule has 0 saturated heterocycles. The van der Waals surface area contributed by atoms with E-state index in [0.29, 0.717) is 24.5 Å². The normalized spacial score (nSPS) is 11.1. The van der Waals surface area contributed by atoms with Crippen LogP contribution in [0.25, 0.3) is 11.0 Å². The number of rotatable bonds is 7. The van der Waals surface area contributed by atoms with Crippen molar-refractivity contribution in [3.63, 3.8) is 0 Å². The third kappa shape index (κ3) is 4.23. The molecule has 3 heterocycles. The number of carbonyl (C=O) groups is 1. The van der Waals surface area contributed by atoms with Crippen molar-refractivity contribution in [3.05, 3.63) is 63.2 Å². The first-order valence-electron chi connectivity index (χ1n) is 8.42. The highest BCUT2D eigenvalue weighted by atomic mass is 32.2. The number of aromatic nitrogens is 2. The number of furan rings is 1. The Morgan fingerprint density at radius 1 is 1.30 bits per heavy atom. The van der Waals surface area contributed by atoms with Crippen LogP contribution >= 0.6 is 34.4 Å². The van der Waals surface area contributed by atoms with Crippen molar-refractivity contribution in [1.29, 1.82) is 0 Å². The van der Waals surface area contributed by atoms with Gasteiger partial charge in [-0.2, -0.15) is 0 Å². The molecule has 0 radical (unpaired) electrons. The predicted octanol–water partition coefficient (Wildman–Crippen LogP) is 4.92. The second-order valence-electron chi connectivity index (χ2n) is 5.88. The van der Waals surface area contributed by atoms with E-state index in [4.69, 9.17) is 4.42 Å². The maximum Gasteiger partial charge on any atom is 0.287 e. The number of carbonyl (C=O) groups excluding carboxylic acids is 1. The topological polar surface area (TPSA) is 68.0 Å². The minimum atomic E-state index is -0.186. The van der Waals surface area contributed by atoms with E-state index in [1.54, 1.807) is 40.6 Å². The number of amides is 1. The zero-order valence-electron chi connectivity index (χ0n) is 14.6. The van der Waals surface area contributed by atoms with Gasteiger partial charge in [0, 0.05) is 52.3 Å². The number of nitrogens with zero attached hydrogens (tertiary/aromatic N) is 2. The molecule has 0 aliphatic heterocycles. The number of hydrogen-bond acceptors (Lipinski definition) is 7. The molecule has 4 rings (SSSR count). The molecule has 1 amide bonds. The third-order valence-corrected chi connectivity index (χ3v) is 6.96. The molecule has 0 aliphatic rings. The predicted molar refractivity (Wildman–Crippen MR) is 111 cm³/mol. The molecule has 8 heteroatoms. The zero-order valence-corrected chi connectivity index (χ0v) is 17.0. The van der Waals surface area contributed by atoms with E-state index in [1.807, 2.05) is 41.9 Å². The lowest BCUT2D eigenvalue weighted by atomic mass is 10.1. The second kappa shape index (κ2) is 8.24. The Morgan fingerprint density at radius 2 is 2.19 bits per heavy atom. The lowest BCUT2D eigenvalue weighted by Crippen LogP contribution is -2.26. The first-order valence-corrected chi connectivity index (χ1v) is 11.2. The highest BCUT2D eigenvalue weighted by molar-refractivity contribution is 8.00. The van der Waals surface area contributed by atoms with Crippen molar-refractivity contribution in [2.24, 2.45) is 0 Å². The van der Waals surface area contributed by atoms with Crippen LogP contribution < -0.4 is 5.32 Å². The summed E-state index contributed by atoms with van der Waals surface area (Å²) >= 11 is 4.83. The largest absolute Gasteiger partial charge is 0.451 e. The molecule has 0 fully saturated rings. The van der Waals surface area contributed by atoms with Crippen LogP contribution in [0.2, 0.25) is 0 Å². The smallest absolute Gasteiger partial charge is 0.287 e. The van der Waals surface area contributed by atoms with Crippen LogP contribution in [0, 0.1) is 6.92 Å². The van der Waals surface area contributed by atoms with Crippen molar-refractivity contribution < 1.29 is 9.21 Å². The number of thiazole rings is 2. The standard InChI is InChI=1S/C19H17N3O2S3/c1-12-10-26-19(22-12)27-11-14-13-4-2-3-5-15(13)24-17(14)18(23)21-7-6-16-20-8-9-25-16/h2-5,8-10H,6-7,11H2,1H3,(H,21,23). The molecule has 1 aromatic carbocycles. The summed E-state index contributed by atoms with van der Waals surface area (Å²) in [6, 6.07) is 7.76. The molecule has 0 spiro atoms. The van der Waals surface area contributed by atoms with Crippen LogP contribution in [0.5, 0.6) is 0 Å². The van der Waals surface area contributed by atoms with Gasteiger partial charge >= 0.3 is 0 Å². The minimum absolute atomic E-state index is 0.186. The Labute approximate surface area is 168 Å². The summed E-state index contributed by atoms with van der Waals surface area (Å²) in [5, 5.41) is 8.90. The van der Waals surface area contributed by atoms with Gasteiger partial charge in [0.15, 0.2) is 5.76 Å². The highest BCUT2D eigenvalue weighted by Gasteiger charge is 2.20. The van der Waals surface area contributed by atoms with Gasteiger partial charge < -0.3 is 9.73 Å². The van der Waals surface area contributed by atoms with Crippen LogP contribution in [0.4, 0.5) is 0 Å². The van der Waals surface area contributed by atoms with E-state index in [9.17, 15) is 4.79 Å². The monoisotopic (exact) mass is 415 g/mol. The van der Waals surface area contributed by atoms with Gasteiger partial charge in [-0.1, -0.05) is 30.0 Å². The Hall–Kier alpha value is -2.16. The molecule has 0 bridgehead atoms. The molecule has 5 nitrogen and oxygen atoms in total. The summed E-state index contributed by atoms with van der Waals surface area (Å²) in [6.45, 7) is 2.51. The molecule has 0 unspecified atom stereocenters. The van der Waals surface area contributed by atoms with Crippen LogP contribution in [0.3, 0.4) is 0 Å². The van der Waals surface area contributed by atoms with E-state index >= 15 is 0 Å². The fourth-order valence-electron chi connectivity index (χ4n) is 2.70. The lowest BCUT2D eigenvalue weighted by Gasteiger charge is -2.04. The van der Waals surface area contributed by atoms with Crippen LogP contribution in [0.15, 0.2) is 50.0 Å². The maximum absolute atomic E-state index is 12.7. The van der Waals surface area contributed by atoms with Gasteiger partial charge in [0.1, 0.15) is 9.92 Å². The minimum Gasteiger partial charge on any atom is -0.451 e. The Bertz CT molecular complexity index is 1050. The van der Waals surface area contributed by atoms with Crippen molar-refractivity contribution in [2.45, 2.75) is 23.4 Å². The van der Waals surface area contributed by atoms with E-state index in [2.05, 4.69) is 15.3 Å². The fraction of sp³-hybridized carbons (Fsp3) is 0.211. The number of thioether (sulfide) groups is 1. The molecule has 0 saturated carbocycles. The van der Waals surface area contributed by atoms with Crippen molar-refractivity contribution >= 4 is 51.3 Å². The lowest BCUT2D eigenvalue weighted by molar-refractivity contribution is 0.0927. The van der Waals surface area contributed by atoms with Crippen LogP contribution in [0.1, 0.15) is 26.8 Å². The molecule has 4 aromatic rings. The number of hydrogen-bond donors (Lipinski definition) is 1. The molecule has 0 aliphatic carbocycles. The van der Waals surface area contributed by atoms with Crippen molar-refractivity contribution in [2.75, 3.05) is 6.54 Å². The third-order valence-electron chi connectivity index (χ3n) is 3.95. The molecular weight excluding hydrogens is 398 g/mol. The summed E-state index contributed by atoms with van der Waals surface area (Å²) in [4.78, 5) is 21.5. The fourth-order valence-corrected chi connectivity index (χ4v) is 5.20. The quantitative estimate of drug-likeness (QED) is 0.434. The average Bonchev–Trinajstić information content (AvgIpc) is 3.40. The van der Waals surface area contributed by atoms with E-state index in [1.165, 1.54) is 0 Å². The van der Waals surface area contributed by atoms with Gasteiger partial charge in [0.25, 0.3) is 5.91 Å². The van der Waals surface area contributed by atoms with Crippen LogP contribution in [-0.4, -0.2) is 22.4 Å². The molecule has 0 atom stereocenters. The molecule has 27 heavy (non-hydrogen) atoms. The van der Waals surface area contributed by atoms with E-state index in [-0.39, 0.29) is 5.91 Å².